The van der Waals surface area contributed by atoms with Gasteiger partial charge < -0.3 is 15.2 Å². The van der Waals surface area contributed by atoms with Crippen molar-refractivity contribution < 1.29 is 9.47 Å². The minimum absolute atomic E-state index is 0.250. The molecule has 1 aliphatic heterocycles. The topological polar surface area (TPSA) is 44.5 Å². The highest BCUT2D eigenvalue weighted by molar-refractivity contribution is 6.31. The average Bonchev–Trinajstić information content (AvgIpc) is 2.76. The van der Waals surface area contributed by atoms with Crippen molar-refractivity contribution in [2.24, 2.45) is 0 Å². The van der Waals surface area contributed by atoms with E-state index in [4.69, 9.17) is 26.8 Å². The number of nitrogens with two attached hydrogens (primary N) is 1. The highest BCUT2D eigenvalue weighted by Gasteiger charge is 2.15. The lowest BCUT2D eigenvalue weighted by Gasteiger charge is -2.11. The summed E-state index contributed by atoms with van der Waals surface area (Å²) in [7, 11) is 0. The fourth-order valence-corrected chi connectivity index (χ4v) is 1.95. The number of anilines is 1. The maximum absolute atomic E-state index is 6.02. The van der Waals surface area contributed by atoms with Crippen LogP contribution in [0, 0.1) is 0 Å². The van der Waals surface area contributed by atoms with Gasteiger partial charge in [0.25, 0.3) is 0 Å². The standard InChI is InChI=1S/C12H16ClNO2/c13-12-4-3-10(14)6-9(12)7-15-8-11-2-1-5-16-11/h3-4,6,11H,1-2,5,7-8,14H2. The van der Waals surface area contributed by atoms with Gasteiger partial charge in [0.15, 0.2) is 0 Å². The Kier molecular flexibility index (Phi) is 4.04. The van der Waals surface area contributed by atoms with Gasteiger partial charge in [0, 0.05) is 17.3 Å². The van der Waals surface area contributed by atoms with E-state index in [-0.39, 0.29) is 6.10 Å². The summed E-state index contributed by atoms with van der Waals surface area (Å²) < 4.78 is 11.0. The third-order valence-electron chi connectivity index (χ3n) is 2.66. The van der Waals surface area contributed by atoms with Gasteiger partial charge in [-0.1, -0.05) is 11.6 Å². The third-order valence-corrected chi connectivity index (χ3v) is 3.02. The number of ether oxygens (including phenoxy) is 2. The highest BCUT2D eigenvalue weighted by atomic mass is 35.5. The van der Waals surface area contributed by atoms with Gasteiger partial charge in [0.05, 0.1) is 19.3 Å². The molecule has 1 atom stereocenters. The van der Waals surface area contributed by atoms with Gasteiger partial charge in [-0.15, -0.1) is 0 Å². The minimum atomic E-state index is 0.250. The Balaban J connectivity index is 1.82. The van der Waals surface area contributed by atoms with Crippen molar-refractivity contribution in [3.05, 3.63) is 28.8 Å². The predicted octanol–water partition coefficient (Wildman–Crippen LogP) is 2.62. The summed E-state index contributed by atoms with van der Waals surface area (Å²) in [6.07, 6.45) is 2.47. The van der Waals surface area contributed by atoms with Crippen molar-refractivity contribution in [2.75, 3.05) is 18.9 Å². The van der Waals surface area contributed by atoms with Gasteiger partial charge in [0.1, 0.15) is 0 Å². The molecule has 0 aliphatic carbocycles. The molecule has 0 spiro atoms. The lowest BCUT2D eigenvalue weighted by atomic mass is 10.2. The first-order valence-corrected chi connectivity index (χ1v) is 5.87. The van der Waals surface area contributed by atoms with Gasteiger partial charge in [-0.05, 0) is 36.6 Å². The van der Waals surface area contributed by atoms with E-state index in [0.717, 1.165) is 25.0 Å². The van der Waals surface area contributed by atoms with Crippen LogP contribution in [-0.4, -0.2) is 19.3 Å². The molecule has 88 valence electrons. The van der Waals surface area contributed by atoms with E-state index < -0.39 is 0 Å². The van der Waals surface area contributed by atoms with Crippen LogP contribution in [0.2, 0.25) is 5.02 Å². The number of rotatable bonds is 4. The van der Waals surface area contributed by atoms with Crippen LogP contribution in [-0.2, 0) is 16.1 Å². The molecule has 1 saturated heterocycles. The lowest BCUT2D eigenvalue weighted by Crippen LogP contribution is -2.13. The zero-order valence-electron chi connectivity index (χ0n) is 9.12. The lowest BCUT2D eigenvalue weighted by molar-refractivity contribution is 0.0106. The van der Waals surface area contributed by atoms with Crippen molar-refractivity contribution in [3.63, 3.8) is 0 Å². The van der Waals surface area contributed by atoms with E-state index in [2.05, 4.69) is 0 Å². The zero-order valence-corrected chi connectivity index (χ0v) is 9.87. The van der Waals surface area contributed by atoms with E-state index in [0.29, 0.717) is 23.9 Å². The molecular weight excluding hydrogens is 226 g/mol. The fraction of sp³-hybridized carbons (Fsp3) is 0.500. The molecule has 0 amide bonds. The quantitative estimate of drug-likeness (QED) is 0.825. The molecular formula is C12H16ClNO2. The van der Waals surface area contributed by atoms with Gasteiger partial charge >= 0.3 is 0 Å². The van der Waals surface area contributed by atoms with Crippen LogP contribution < -0.4 is 5.73 Å². The Morgan fingerprint density at radius 3 is 3.12 bits per heavy atom. The molecule has 0 aromatic heterocycles. The Labute approximate surface area is 100 Å². The Morgan fingerprint density at radius 2 is 2.38 bits per heavy atom. The third kappa shape index (κ3) is 3.11. The summed E-state index contributed by atoms with van der Waals surface area (Å²) >= 11 is 6.02. The molecule has 4 heteroatoms. The largest absolute Gasteiger partial charge is 0.399 e. The number of halogens is 1. The molecule has 3 nitrogen and oxygen atoms in total. The van der Waals surface area contributed by atoms with Gasteiger partial charge in [-0.25, -0.2) is 0 Å². The molecule has 1 unspecified atom stereocenters. The maximum Gasteiger partial charge on any atom is 0.0809 e. The van der Waals surface area contributed by atoms with Crippen LogP contribution in [0.4, 0.5) is 5.69 Å². The normalized spacial score (nSPS) is 20.2. The SMILES string of the molecule is Nc1ccc(Cl)c(COCC2CCCO2)c1. The summed E-state index contributed by atoms with van der Waals surface area (Å²) in [5.74, 6) is 0. The Hall–Kier alpha value is -0.770. The van der Waals surface area contributed by atoms with Gasteiger partial charge in [-0.2, -0.15) is 0 Å². The van der Waals surface area contributed by atoms with E-state index in [1.165, 1.54) is 0 Å². The van der Waals surface area contributed by atoms with Crippen molar-refractivity contribution in [1.29, 1.82) is 0 Å². The molecule has 0 bridgehead atoms. The first-order chi connectivity index (χ1) is 7.75. The number of nitrogen functional groups attached to an aromatic ring is 1. The highest BCUT2D eigenvalue weighted by Crippen LogP contribution is 2.20. The number of hydrogen-bond donors (Lipinski definition) is 1. The van der Waals surface area contributed by atoms with E-state index in [1.807, 2.05) is 6.07 Å². The number of benzene rings is 1. The molecule has 1 aromatic carbocycles. The van der Waals surface area contributed by atoms with Crippen LogP contribution in [0.5, 0.6) is 0 Å². The van der Waals surface area contributed by atoms with Crippen LogP contribution in [0.1, 0.15) is 18.4 Å². The predicted molar refractivity (Wildman–Crippen MR) is 64.5 cm³/mol. The summed E-state index contributed by atoms with van der Waals surface area (Å²) in [6, 6.07) is 5.42. The van der Waals surface area contributed by atoms with Crippen molar-refractivity contribution in [3.8, 4) is 0 Å². The second kappa shape index (κ2) is 5.53. The molecule has 0 radical (unpaired) electrons. The molecule has 1 heterocycles. The molecule has 2 rings (SSSR count). The monoisotopic (exact) mass is 241 g/mol. The maximum atomic E-state index is 6.02. The van der Waals surface area contributed by atoms with Crippen LogP contribution in [0.3, 0.4) is 0 Å². The van der Waals surface area contributed by atoms with Crippen molar-refractivity contribution >= 4 is 17.3 Å². The van der Waals surface area contributed by atoms with Crippen LogP contribution in [0.15, 0.2) is 18.2 Å². The first-order valence-electron chi connectivity index (χ1n) is 5.49. The summed E-state index contributed by atoms with van der Waals surface area (Å²) in [5.41, 5.74) is 7.32. The van der Waals surface area contributed by atoms with E-state index in [1.54, 1.807) is 12.1 Å². The molecule has 1 aromatic rings. The average molecular weight is 242 g/mol. The van der Waals surface area contributed by atoms with E-state index >= 15 is 0 Å². The van der Waals surface area contributed by atoms with E-state index in [9.17, 15) is 0 Å². The first kappa shape index (κ1) is 11.7. The van der Waals surface area contributed by atoms with Crippen LogP contribution in [0.25, 0.3) is 0 Å². The smallest absolute Gasteiger partial charge is 0.0809 e. The molecule has 0 saturated carbocycles. The minimum Gasteiger partial charge on any atom is -0.399 e. The Bertz CT molecular complexity index is 351. The van der Waals surface area contributed by atoms with Gasteiger partial charge in [-0.3, -0.25) is 0 Å². The number of hydrogen-bond acceptors (Lipinski definition) is 3. The zero-order chi connectivity index (χ0) is 11.4. The molecule has 1 aliphatic rings. The Morgan fingerprint density at radius 1 is 1.50 bits per heavy atom. The summed E-state index contributed by atoms with van der Waals surface area (Å²) in [5, 5.41) is 0.696. The van der Waals surface area contributed by atoms with Crippen molar-refractivity contribution in [1.82, 2.24) is 0 Å². The van der Waals surface area contributed by atoms with Gasteiger partial charge in [0.2, 0.25) is 0 Å². The summed E-state index contributed by atoms with van der Waals surface area (Å²) in [4.78, 5) is 0. The second-order valence-electron chi connectivity index (χ2n) is 4.00. The summed E-state index contributed by atoms with van der Waals surface area (Å²) in [6.45, 7) is 1.97. The van der Waals surface area contributed by atoms with Crippen molar-refractivity contribution in [2.45, 2.75) is 25.6 Å². The molecule has 2 N–H and O–H groups in total. The molecule has 1 fully saturated rings. The fourth-order valence-electron chi connectivity index (χ4n) is 1.78. The second-order valence-corrected chi connectivity index (χ2v) is 4.41. The van der Waals surface area contributed by atoms with Crippen LogP contribution >= 0.6 is 11.6 Å². The molecule has 16 heavy (non-hydrogen) atoms.